The van der Waals surface area contributed by atoms with Gasteiger partial charge in [0.25, 0.3) is 0 Å². The number of ether oxygens (including phenoxy) is 3. The molecule has 748 valence electrons. The quantitative estimate of drug-likeness (QED) is 0.0128. The maximum Gasteiger partial charge on any atom is 0.306 e. The molecule has 9 aromatic rings. The van der Waals surface area contributed by atoms with Crippen molar-refractivity contribution in [3.05, 3.63) is 125 Å². The molecule has 0 saturated carbocycles. The molecule has 7 amide bonds. The van der Waals surface area contributed by atoms with Crippen molar-refractivity contribution in [2.75, 3.05) is 172 Å². The number of nitrogens with one attached hydrogen (secondary N) is 5. The van der Waals surface area contributed by atoms with Crippen molar-refractivity contribution in [1.29, 1.82) is 0 Å². The third-order valence-corrected chi connectivity index (χ3v) is 25.5. The molecule has 4 fully saturated rings. The number of carbonyl (C=O) groups is 9. The SMILES string of the molecule is CCCCCNc1nc(N)nc2ccn(Cc3cc(CN4CCN(C(=O)CCN5C(=O)CC(C)C5=O)CC4)ccc3OC)c12.CCCC[C@@H](CO)Nc1nc(N)nc2ccn(Cc3cc(CN4CCN(C(=O)CCNC(=O)C(C)CC(=O)O)CC4)ccc3OC)c12.CCCC[C@@H](CO)Nc1nc(N)nc2ccn(Cc3cc(CN4CCN(C(=O)CCNC(=O)CC(C)C(=O)O)CC4)ccc3OC)c12. The van der Waals surface area contributed by atoms with Crippen LogP contribution in [0.15, 0.2) is 91.4 Å². The summed E-state index contributed by atoms with van der Waals surface area (Å²) in [6.45, 7) is 24.3. The Morgan fingerprint density at radius 3 is 1.21 bits per heavy atom. The summed E-state index contributed by atoms with van der Waals surface area (Å²) in [6.07, 6.45) is 15.3. The Morgan fingerprint density at radius 1 is 0.464 bits per heavy atom. The predicted molar refractivity (Wildman–Crippen MR) is 527 cm³/mol. The number of carboxylic acids is 2. The second-order valence-corrected chi connectivity index (χ2v) is 36.0. The Hall–Kier alpha value is -13.1. The lowest BCUT2D eigenvalue weighted by Gasteiger charge is -2.35. The van der Waals surface area contributed by atoms with Gasteiger partial charge in [-0.25, -0.2) is 15.0 Å². The molecule has 3 aromatic carbocycles. The van der Waals surface area contributed by atoms with E-state index >= 15 is 0 Å². The number of aromatic nitrogens is 9. The number of hydrogen-bond acceptors (Lipinski definition) is 29. The van der Waals surface area contributed by atoms with Gasteiger partial charge in [-0.05, 0) is 90.6 Å². The van der Waals surface area contributed by atoms with E-state index in [0.717, 1.165) is 189 Å². The number of unbranched alkanes of at least 4 members (excludes halogenated alkanes) is 4. The number of methoxy groups -OCH3 is 3. The van der Waals surface area contributed by atoms with E-state index in [4.69, 9.17) is 41.6 Å². The molecule has 40 nitrogen and oxygen atoms in total. The first-order chi connectivity index (χ1) is 66.5. The van der Waals surface area contributed by atoms with E-state index in [1.165, 1.54) is 11.8 Å². The summed E-state index contributed by atoms with van der Waals surface area (Å²) in [5.41, 5.74) is 29.2. The molecule has 3 unspecified atom stereocenters. The van der Waals surface area contributed by atoms with Crippen LogP contribution in [0.3, 0.4) is 0 Å². The van der Waals surface area contributed by atoms with E-state index in [-0.39, 0.29) is 149 Å². The smallest absolute Gasteiger partial charge is 0.306 e. The number of hydrogen-bond donors (Lipinski definition) is 12. The van der Waals surface area contributed by atoms with Gasteiger partial charge in [-0.15, -0.1) is 0 Å². The molecule has 10 heterocycles. The van der Waals surface area contributed by atoms with Crippen molar-refractivity contribution in [2.24, 2.45) is 17.8 Å². The first-order valence-corrected chi connectivity index (χ1v) is 48.2. The van der Waals surface area contributed by atoms with Gasteiger partial charge < -0.3 is 107 Å². The first-order valence-electron chi connectivity index (χ1n) is 48.2. The monoisotopic (exact) mass is 1910 g/mol. The Labute approximate surface area is 805 Å². The highest BCUT2D eigenvalue weighted by molar-refractivity contribution is 6.03. The minimum absolute atomic E-state index is 0.0135. The number of carbonyl (C=O) groups excluding carboxylic acids is 7. The fraction of sp³-hybridized carbons (Fsp3) is 0.541. The zero-order valence-corrected chi connectivity index (χ0v) is 81.2. The van der Waals surface area contributed by atoms with Crippen LogP contribution in [-0.2, 0) is 82.4 Å². The zero-order valence-electron chi connectivity index (χ0n) is 81.2. The highest BCUT2D eigenvalue weighted by Crippen LogP contribution is 2.34. The van der Waals surface area contributed by atoms with Crippen molar-refractivity contribution in [1.82, 2.24) is 88.5 Å². The number of nitrogens with zero attached hydrogens (tertiary/aromatic N) is 16. The number of piperazine rings is 3. The summed E-state index contributed by atoms with van der Waals surface area (Å²) in [4.78, 5) is 149. The molecule has 15 N–H and O–H groups in total. The number of aliphatic hydroxyl groups excluding tert-OH is 2. The van der Waals surface area contributed by atoms with Crippen LogP contribution in [0.25, 0.3) is 33.1 Å². The number of rotatable bonds is 47. The molecule has 138 heavy (non-hydrogen) atoms. The molecule has 6 aromatic heterocycles. The number of nitrogens with two attached hydrogens (primary N) is 3. The fourth-order valence-electron chi connectivity index (χ4n) is 17.7. The number of benzene rings is 3. The molecule has 0 bridgehead atoms. The van der Waals surface area contributed by atoms with Gasteiger partial charge in [0.2, 0.25) is 59.2 Å². The van der Waals surface area contributed by atoms with E-state index in [0.29, 0.717) is 94.7 Å². The van der Waals surface area contributed by atoms with Crippen LogP contribution in [0.4, 0.5) is 35.3 Å². The van der Waals surface area contributed by atoms with Crippen LogP contribution in [-0.4, -0.2) is 303 Å². The summed E-state index contributed by atoms with van der Waals surface area (Å²) in [6, 6.07) is 24.1. The number of aliphatic carboxylic acids is 2. The lowest BCUT2D eigenvalue weighted by Crippen LogP contribution is -2.49. The number of nitrogen functional groups attached to an aromatic ring is 3. The lowest BCUT2D eigenvalue weighted by molar-refractivity contribution is -0.143. The van der Waals surface area contributed by atoms with Gasteiger partial charge in [-0.1, -0.05) is 98.3 Å². The number of fused-ring (bicyclic) bond motifs is 3. The second-order valence-electron chi connectivity index (χ2n) is 36.0. The average molecular weight is 1910 g/mol. The standard InChI is InChI=1S/2C33H48N8O6.C32H44N8O4/c1-4-5-6-25(21-42)36-31-30-26(37-33(34)38-31)10-12-41(30)20-24-18-23(7-8-27(24)47-3)19-39-13-15-40(16-14-39)29(44)9-11-35-28(43)17-22(2)32(45)46;1-4-5-6-25(21-42)36-31-30-26(37-33(34)38-31)10-12-41(30)20-24-18-23(7-8-27(24)47-3)19-39-13-15-40(16-14-39)28(43)9-11-35-32(46)22(2)17-29(44)45;1-4-5-6-11-34-30-29-25(35-32(33)36-30)9-12-39(29)21-24-19-23(7-8-26(24)44-3)20-37-14-16-38(17-15-37)27(41)10-13-40-28(42)18-22(2)31(40)43/h7-8,10,12,18,22,25,42H,4-6,9,11,13-17,19-21H2,1-3H3,(H,35,43)(H,45,46)(H3,34,36,37,38);7-8,10,12,18,22,25,42H,4-6,9,11,13-17,19-21H2,1-3H3,(H,35,46)(H,44,45)(H3,34,36,37,38);7-9,12,19,22H,4-6,10-11,13-18,20-21H2,1-3H3,(H3,33,34,35,36)/t2*22?,25-;/m00./s1. The molecule has 4 aliphatic heterocycles. The van der Waals surface area contributed by atoms with Crippen molar-refractivity contribution in [3.63, 3.8) is 0 Å². The van der Waals surface area contributed by atoms with E-state index in [1.54, 1.807) is 35.2 Å². The van der Waals surface area contributed by atoms with Crippen molar-refractivity contribution < 1.29 is 77.8 Å². The van der Waals surface area contributed by atoms with Crippen molar-refractivity contribution in [3.8, 4) is 17.2 Å². The summed E-state index contributed by atoms with van der Waals surface area (Å²) < 4.78 is 23.4. The maximum absolute atomic E-state index is 12.8. The minimum Gasteiger partial charge on any atom is -0.496 e. The molecule has 40 heteroatoms. The van der Waals surface area contributed by atoms with Gasteiger partial charge in [-0.3, -0.25) is 62.8 Å². The van der Waals surface area contributed by atoms with Crippen molar-refractivity contribution in [2.45, 2.75) is 189 Å². The van der Waals surface area contributed by atoms with Crippen LogP contribution in [0.5, 0.6) is 17.2 Å². The Morgan fingerprint density at radius 2 is 0.848 bits per heavy atom. The largest absolute Gasteiger partial charge is 0.496 e. The Balaban J connectivity index is 0.000000199. The van der Waals surface area contributed by atoms with Crippen LogP contribution in [0.2, 0.25) is 0 Å². The van der Waals surface area contributed by atoms with Crippen LogP contribution >= 0.6 is 0 Å². The maximum atomic E-state index is 12.8. The molecular weight excluding hydrogens is 1770 g/mol. The van der Waals surface area contributed by atoms with Gasteiger partial charge in [0.05, 0.1) is 95.1 Å². The van der Waals surface area contributed by atoms with Crippen LogP contribution < -0.4 is 58.0 Å². The average Bonchev–Trinajstić information content (AvgIpc) is 1.65. The lowest BCUT2D eigenvalue weighted by atomic mass is 10.1. The Kier molecular flexibility index (Phi) is 39.7. The number of anilines is 6. The van der Waals surface area contributed by atoms with E-state index < -0.39 is 23.8 Å². The molecule has 4 saturated heterocycles. The topological polar surface area (TPSA) is 515 Å². The molecule has 0 radical (unpaired) electrons. The summed E-state index contributed by atoms with van der Waals surface area (Å²) >= 11 is 0. The molecule has 0 spiro atoms. The molecule has 5 atom stereocenters. The van der Waals surface area contributed by atoms with Gasteiger partial charge in [-0.2, -0.15) is 15.0 Å². The second kappa shape index (κ2) is 51.9. The van der Waals surface area contributed by atoms with Gasteiger partial charge in [0.15, 0.2) is 17.5 Å². The summed E-state index contributed by atoms with van der Waals surface area (Å²) in [7, 11) is 4.99. The molecule has 4 aliphatic rings. The number of carboxylic acid groups (broad SMARTS) is 2. The predicted octanol–water partition coefficient (Wildman–Crippen LogP) is 7.69. The Bertz CT molecular complexity index is 5610. The zero-order chi connectivity index (χ0) is 99.1. The minimum atomic E-state index is -1.03. The highest BCUT2D eigenvalue weighted by atomic mass is 16.5. The highest BCUT2D eigenvalue weighted by Gasteiger charge is 2.37. The van der Waals surface area contributed by atoms with Crippen molar-refractivity contribution >= 4 is 122 Å². The van der Waals surface area contributed by atoms with Gasteiger partial charge >= 0.3 is 11.9 Å². The number of likely N-dealkylation sites (tertiary alicyclic amines) is 1. The fourth-order valence-corrected chi connectivity index (χ4v) is 17.7. The summed E-state index contributed by atoms with van der Waals surface area (Å²) in [5, 5.41) is 53.3. The van der Waals surface area contributed by atoms with Gasteiger partial charge in [0, 0.05) is 204 Å². The number of imide groups is 1. The normalized spacial score (nSPS) is 15.8. The molecule has 13 rings (SSSR count). The molecule has 0 aliphatic carbocycles. The van der Waals surface area contributed by atoms with Crippen LogP contribution in [0.1, 0.15) is 171 Å². The number of amides is 7. The van der Waals surface area contributed by atoms with Crippen LogP contribution in [0, 0.1) is 17.8 Å². The third-order valence-electron chi connectivity index (χ3n) is 25.5. The third kappa shape index (κ3) is 29.7. The van der Waals surface area contributed by atoms with Gasteiger partial charge in [0.1, 0.15) is 33.8 Å². The van der Waals surface area contributed by atoms with E-state index in [9.17, 15) is 53.4 Å². The molecular formula is C98H140N24O16. The first kappa shape index (κ1) is 105. The van der Waals surface area contributed by atoms with E-state index in [2.05, 4.69) is 142 Å². The summed E-state index contributed by atoms with van der Waals surface area (Å²) in [5.74, 6) is -0.0595. The number of aliphatic hydroxyl groups is 2. The van der Waals surface area contributed by atoms with E-state index in [1.807, 2.05) is 69.7 Å².